The summed E-state index contributed by atoms with van der Waals surface area (Å²) in [4.78, 5) is 11.5. The number of carboxylic acid groups (broad SMARTS) is 1. The van der Waals surface area contributed by atoms with Gasteiger partial charge in [-0.05, 0) is 26.3 Å². The predicted molar refractivity (Wildman–Crippen MR) is 99.4 cm³/mol. The fourth-order valence-electron chi connectivity index (χ4n) is 3.02. The first-order valence-corrected chi connectivity index (χ1v) is 8.33. The topological polar surface area (TPSA) is 55.1 Å². The monoisotopic (exact) mass is 334 g/mol. The molecule has 128 valence electrons. The third-order valence-corrected chi connectivity index (χ3v) is 4.04. The highest BCUT2D eigenvalue weighted by molar-refractivity contribution is 5.85. The van der Waals surface area contributed by atoms with Crippen LogP contribution in [0.4, 0.5) is 0 Å². The molecule has 3 rings (SSSR count). The molecule has 1 aromatic heterocycles. The molecule has 0 spiro atoms. The number of benzene rings is 2. The molecule has 2 aromatic carbocycles. The molecule has 4 heteroatoms. The fraction of sp³-hybridized carbons (Fsp3) is 0.238. The Hall–Kier alpha value is -2.88. The van der Waals surface area contributed by atoms with E-state index in [1.807, 2.05) is 86.1 Å². The number of hydrogen-bond donors (Lipinski definition) is 1. The number of nitrogens with zero attached hydrogens (tertiary/aromatic N) is 2. The molecule has 0 aliphatic heterocycles. The molecule has 0 saturated heterocycles. The van der Waals surface area contributed by atoms with Gasteiger partial charge in [0, 0.05) is 11.1 Å². The van der Waals surface area contributed by atoms with Crippen LogP contribution >= 0.6 is 0 Å². The summed E-state index contributed by atoms with van der Waals surface area (Å²) in [7, 11) is 0. The van der Waals surface area contributed by atoms with Crippen LogP contribution in [0.2, 0.25) is 0 Å². The van der Waals surface area contributed by atoms with E-state index in [4.69, 9.17) is 5.10 Å². The Morgan fingerprint density at radius 3 is 1.96 bits per heavy atom. The number of carbonyl (C=O) groups is 1. The van der Waals surface area contributed by atoms with Crippen LogP contribution < -0.4 is 0 Å². The molecule has 0 atom stereocenters. The largest absolute Gasteiger partial charge is 0.481 e. The van der Waals surface area contributed by atoms with Gasteiger partial charge in [0.25, 0.3) is 0 Å². The summed E-state index contributed by atoms with van der Waals surface area (Å²) < 4.78 is 1.85. The van der Waals surface area contributed by atoms with Crippen LogP contribution in [-0.2, 0) is 16.8 Å². The maximum atomic E-state index is 11.5. The Bertz CT molecular complexity index is 876. The van der Waals surface area contributed by atoms with E-state index in [0.29, 0.717) is 0 Å². The van der Waals surface area contributed by atoms with Crippen molar-refractivity contribution in [2.24, 2.45) is 0 Å². The maximum Gasteiger partial charge on any atom is 0.309 e. The zero-order chi connectivity index (χ0) is 18.0. The standard InChI is InChI=1S/C21H22N2O2/c1-21(2,3)23-17(14-18(24)25)19(15-10-6-4-7-11-15)20(22-23)16-12-8-5-9-13-16/h4-13H,14H2,1-3H3,(H,24,25). The Morgan fingerprint density at radius 1 is 0.960 bits per heavy atom. The molecule has 0 fully saturated rings. The van der Waals surface area contributed by atoms with E-state index < -0.39 is 5.97 Å². The van der Waals surface area contributed by atoms with Crippen molar-refractivity contribution in [1.29, 1.82) is 0 Å². The van der Waals surface area contributed by atoms with E-state index >= 15 is 0 Å². The Morgan fingerprint density at radius 2 is 1.48 bits per heavy atom. The molecule has 1 heterocycles. The molecular formula is C21H22N2O2. The van der Waals surface area contributed by atoms with Crippen molar-refractivity contribution in [2.75, 3.05) is 0 Å². The number of aromatic nitrogens is 2. The highest BCUT2D eigenvalue weighted by Crippen LogP contribution is 2.37. The van der Waals surface area contributed by atoms with Crippen molar-refractivity contribution in [3.63, 3.8) is 0 Å². The van der Waals surface area contributed by atoms with E-state index in [1.54, 1.807) is 0 Å². The van der Waals surface area contributed by atoms with Crippen molar-refractivity contribution >= 4 is 5.97 Å². The van der Waals surface area contributed by atoms with Crippen LogP contribution in [0.1, 0.15) is 26.5 Å². The Labute approximate surface area is 147 Å². The molecule has 0 aliphatic rings. The summed E-state index contributed by atoms with van der Waals surface area (Å²) in [5.41, 5.74) is 4.08. The average Bonchev–Trinajstić information content (AvgIpc) is 2.95. The summed E-state index contributed by atoms with van der Waals surface area (Å²) in [6, 6.07) is 19.8. The number of aliphatic carboxylic acids is 1. The van der Waals surface area contributed by atoms with Crippen molar-refractivity contribution in [1.82, 2.24) is 9.78 Å². The summed E-state index contributed by atoms with van der Waals surface area (Å²) in [6.07, 6.45) is -0.0681. The van der Waals surface area contributed by atoms with Gasteiger partial charge in [-0.2, -0.15) is 5.10 Å². The summed E-state index contributed by atoms with van der Waals surface area (Å²) in [5, 5.41) is 14.3. The van der Waals surface area contributed by atoms with Crippen LogP contribution in [0.3, 0.4) is 0 Å². The van der Waals surface area contributed by atoms with Crippen LogP contribution in [0.25, 0.3) is 22.4 Å². The van der Waals surface area contributed by atoms with Gasteiger partial charge in [-0.1, -0.05) is 60.7 Å². The second kappa shape index (κ2) is 6.55. The molecule has 0 bridgehead atoms. The third-order valence-electron chi connectivity index (χ3n) is 4.04. The lowest BCUT2D eigenvalue weighted by atomic mass is 9.97. The van der Waals surface area contributed by atoms with Crippen LogP contribution in [0.5, 0.6) is 0 Å². The van der Waals surface area contributed by atoms with Gasteiger partial charge in [-0.25, -0.2) is 0 Å². The van der Waals surface area contributed by atoms with E-state index in [-0.39, 0.29) is 12.0 Å². The number of rotatable bonds is 4. The van der Waals surface area contributed by atoms with E-state index in [0.717, 1.165) is 28.1 Å². The van der Waals surface area contributed by atoms with E-state index in [2.05, 4.69) is 0 Å². The number of carboxylic acids is 1. The number of hydrogen-bond acceptors (Lipinski definition) is 2. The van der Waals surface area contributed by atoms with Gasteiger partial charge in [-0.15, -0.1) is 0 Å². The van der Waals surface area contributed by atoms with Gasteiger partial charge in [0.2, 0.25) is 0 Å². The van der Waals surface area contributed by atoms with Gasteiger partial charge >= 0.3 is 5.97 Å². The zero-order valence-corrected chi connectivity index (χ0v) is 14.7. The first kappa shape index (κ1) is 17.0. The lowest BCUT2D eigenvalue weighted by molar-refractivity contribution is -0.136. The molecule has 0 saturated carbocycles. The van der Waals surface area contributed by atoms with Crippen molar-refractivity contribution < 1.29 is 9.90 Å². The predicted octanol–water partition coefficient (Wildman–Crippen LogP) is 4.60. The van der Waals surface area contributed by atoms with Gasteiger partial charge in [0.05, 0.1) is 17.7 Å². The normalized spacial score (nSPS) is 11.5. The summed E-state index contributed by atoms with van der Waals surface area (Å²) >= 11 is 0. The Balaban J connectivity index is 2.35. The molecular weight excluding hydrogens is 312 g/mol. The maximum absolute atomic E-state index is 11.5. The minimum atomic E-state index is -0.859. The molecule has 0 unspecified atom stereocenters. The molecule has 0 amide bonds. The molecule has 1 N–H and O–H groups in total. The second-order valence-electron chi connectivity index (χ2n) is 7.06. The van der Waals surface area contributed by atoms with Crippen LogP contribution in [-0.4, -0.2) is 20.9 Å². The molecule has 3 aromatic rings. The van der Waals surface area contributed by atoms with Crippen molar-refractivity contribution in [2.45, 2.75) is 32.7 Å². The highest BCUT2D eigenvalue weighted by atomic mass is 16.4. The fourth-order valence-corrected chi connectivity index (χ4v) is 3.02. The first-order chi connectivity index (χ1) is 11.9. The third kappa shape index (κ3) is 3.48. The molecule has 0 aliphatic carbocycles. The molecule has 0 radical (unpaired) electrons. The first-order valence-electron chi connectivity index (χ1n) is 8.33. The second-order valence-corrected chi connectivity index (χ2v) is 7.06. The quantitative estimate of drug-likeness (QED) is 0.758. The van der Waals surface area contributed by atoms with E-state index in [9.17, 15) is 9.90 Å². The van der Waals surface area contributed by atoms with E-state index in [1.165, 1.54) is 0 Å². The van der Waals surface area contributed by atoms with Crippen molar-refractivity contribution in [3.05, 3.63) is 66.4 Å². The lowest BCUT2D eigenvalue weighted by Crippen LogP contribution is -2.26. The van der Waals surface area contributed by atoms with Gasteiger partial charge in [-0.3, -0.25) is 9.48 Å². The zero-order valence-electron chi connectivity index (χ0n) is 14.7. The molecule has 4 nitrogen and oxygen atoms in total. The van der Waals surface area contributed by atoms with Gasteiger partial charge < -0.3 is 5.11 Å². The lowest BCUT2D eigenvalue weighted by Gasteiger charge is -2.22. The summed E-state index contributed by atoms with van der Waals surface area (Å²) in [6.45, 7) is 6.11. The minimum absolute atomic E-state index is 0.0681. The summed E-state index contributed by atoms with van der Waals surface area (Å²) in [5.74, 6) is -0.859. The van der Waals surface area contributed by atoms with Crippen LogP contribution in [0, 0.1) is 0 Å². The van der Waals surface area contributed by atoms with Gasteiger partial charge in [0.15, 0.2) is 0 Å². The smallest absolute Gasteiger partial charge is 0.309 e. The average molecular weight is 334 g/mol. The molecule has 25 heavy (non-hydrogen) atoms. The Kier molecular flexibility index (Phi) is 4.45. The van der Waals surface area contributed by atoms with Gasteiger partial charge in [0.1, 0.15) is 5.69 Å². The SMILES string of the molecule is CC(C)(C)n1nc(-c2ccccc2)c(-c2ccccc2)c1CC(=O)O. The van der Waals surface area contributed by atoms with Crippen LogP contribution in [0.15, 0.2) is 60.7 Å². The highest BCUT2D eigenvalue weighted by Gasteiger charge is 2.27. The van der Waals surface area contributed by atoms with Crippen molar-refractivity contribution in [3.8, 4) is 22.4 Å². The minimum Gasteiger partial charge on any atom is -0.481 e.